The average molecular weight is 409 g/mol. The number of aryl methyl sites for hydroxylation is 1. The van der Waals surface area contributed by atoms with Gasteiger partial charge in [-0.2, -0.15) is 0 Å². The minimum absolute atomic E-state index is 0.102. The molecule has 0 bridgehead atoms. The highest BCUT2D eigenvalue weighted by Gasteiger charge is 2.27. The second kappa shape index (κ2) is 9.52. The van der Waals surface area contributed by atoms with Crippen LogP contribution in [0.4, 0.5) is 0 Å². The third kappa shape index (κ3) is 5.14. The van der Waals surface area contributed by atoms with Crippen molar-refractivity contribution in [1.29, 1.82) is 0 Å². The molecule has 0 aliphatic carbocycles. The zero-order valence-electron chi connectivity index (χ0n) is 18.0. The Balaban J connectivity index is 1.21. The molecule has 5 heteroatoms. The largest absolute Gasteiger partial charge is 0.497 e. The number of hydrogen-bond acceptors (Lipinski definition) is 4. The smallest absolute Gasteiger partial charge is 0.226 e. The minimum atomic E-state index is -0.133. The van der Waals surface area contributed by atoms with Gasteiger partial charge >= 0.3 is 0 Å². The van der Waals surface area contributed by atoms with E-state index in [1.165, 1.54) is 11.1 Å². The fraction of sp³-hybridized carbons (Fsp3) is 0.480. The van der Waals surface area contributed by atoms with Crippen LogP contribution in [0.3, 0.4) is 0 Å². The number of fused-ring (bicyclic) bond motifs is 1. The zero-order chi connectivity index (χ0) is 20.9. The number of benzene rings is 2. The Hall–Kier alpha value is -2.53. The Morgan fingerprint density at radius 1 is 1.17 bits per heavy atom. The topological polar surface area (TPSA) is 50.8 Å². The standard InChI is InChI=1S/C25H32N2O3/c1-18-3-5-20(6-4-18)16-27-11-9-19(10-12-27)15-26-25(28)22-13-21-14-23(29-2)7-8-24(21)30-17-22/h3-8,14,19,22H,9-13,15-17H2,1-2H3,(H,26,28)/t22-/m0/s1. The normalized spacial score (nSPS) is 19.6. The molecule has 1 amide bonds. The maximum atomic E-state index is 12.7. The van der Waals surface area contributed by atoms with Crippen molar-refractivity contribution in [3.05, 3.63) is 59.2 Å². The second-order valence-electron chi connectivity index (χ2n) is 8.64. The Morgan fingerprint density at radius 2 is 1.93 bits per heavy atom. The van der Waals surface area contributed by atoms with E-state index in [2.05, 4.69) is 41.4 Å². The van der Waals surface area contributed by atoms with Gasteiger partial charge in [-0.25, -0.2) is 0 Å². The van der Waals surface area contributed by atoms with Crippen LogP contribution in [0.1, 0.15) is 29.5 Å². The third-order valence-electron chi connectivity index (χ3n) is 6.34. The van der Waals surface area contributed by atoms with Crippen LogP contribution in [-0.4, -0.2) is 44.2 Å². The highest BCUT2D eigenvalue weighted by molar-refractivity contribution is 5.79. The molecule has 0 aromatic heterocycles. The molecule has 1 saturated heterocycles. The van der Waals surface area contributed by atoms with E-state index in [4.69, 9.17) is 9.47 Å². The van der Waals surface area contributed by atoms with Crippen LogP contribution in [-0.2, 0) is 17.8 Å². The molecule has 30 heavy (non-hydrogen) atoms. The fourth-order valence-corrected chi connectivity index (χ4v) is 4.36. The first-order valence-corrected chi connectivity index (χ1v) is 11.0. The quantitative estimate of drug-likeness (QED) is 0.794. The highest BCUT2D eigenvalue weighted by atomic mass is 16.5. The molecule has 0 spiro atoms. The number of carbonyl (C=O) groups excluding carboxylic acids is 1. The third-order valence-corrected chi connectivity index (χ3v) is 6.34. The molecule has 0 radical (unpaired) electrons. The summed E-state index contributed by atoms with van der Waals surface area (Å²) >= 11 is 0. The summed E-state index contributed by atoms with van der Waals surface area (Å²) < 4.78 is 11.1. The van der Waals surface area contributed by atoms with Crippen LogP contribution in [0.2, 0.25) is 0 Å². The average Bonchev–Trinajstić information content (AvgIpc) is 2.79. The van der Waals surface area contributed by atoms with Crippen molar-refractivity contribution in [1.82, 2.24) is 10.2 Å². The first-order valence-electron chi connectivity index (χ1n) is 11.0. The zero-order valence-corrected chi connectivity index (χ0v) is 18.0. The van der Waals surface area contributed by atoms with Gasteiger partial charge in [0.1, 0.15) is 18.1 Å². The maximum absolute atomic E-state index is 12.7. The number of hydrogen-bond donors (Lipinski definition) is 1. The molecule has 2 aromatic rings. The number of ether oxygens (including phenoxy) is 2. The van der Waals surface area contributed by atoms with Crippen LogP contribution >= 0.6 is 0 Å². The maximum Gasteiger partial charge on any atom is 0.226 e. The second-order valence-corrected chi connectivity index (χ2v) is 8.64. The van der Waals surface area contributed by atoms with Gasteiger partial charge in [0.2, 0.25) is 5.91 Å². The van der Waals surface area contributed by atoms with Crippen LogP contribution < -0.4 is 14.8 Å². The molecule has 1 atom stereocenters. The molecule has 0 saturated carbocycles. The van der Waals surface area contributed by atoms with Crippen molar-refractivity contribution >= 4 is 5.91 Å². The highest BCUT2D eigenvalue weighted by Crippen LogP contribution is 2.30. The summed E-state index contributed by atoms with van der Waals surface area (Å²) in [5.74, 6) is 2.19. The lowest BCUT2D eigenvalue weighted by Crippen LogP contribution is -2.42. The van der Waals surface area contributed by atoms with Gasteiger partial charge in [0, 0.05) is 13.1 Å². The SMILES string of the molecule is COc1ccc2c(c1)C[C@H](C(=O)NCC1CCN(Cc3ccc(C)cc3)CC1)CO2. The summed E-state index contributed by atoms with van der Waals surface area (Å²) in [4.78, 5) is 15.2. The molecule has 2 aliphatic rings. The Kier molecular flexibility index (Phi) is 6.58. The number of carbonyl (C=O) groups is 1. The summed E-state index contributed by atoms with van der Waals surface area (Å²) in [5, 5.41) is 3.18. The van der Waals surface area contributed by atoms with Crippen molar-refractivity contribution in [3.8, 4) is 11.5 Å². The lowest BCUT2D eigenvalue weighted by Gasteiger charge is -2.32. The van der Waals surface area contributed by atoms with E-state index >= 15 is 0 Å². The number of likely N-dealkylation sites (tertiary alicyclic amines) is 1. The van der Waals surface area contributed by atoms with Crippen molar-refractivity contribution in [2.75, 3.05) is 33.4 Å². The number of nitrogens with one attached hydrogen (secondary N) is 1. The fourth-order valence-electron chi connectivity index (χ4n) is 4.36. The molecule has 2 heterocycles. The van der Waals surface area contributed by atoms with Gasteiger partial charge in [-0.15, -0.1) is 0 Å². The van der Waals surface area contributed by atoms with Crippen LogP contribution in [0.5, 0.6) is 11.5 Å². The Morgan fingerprint density at radius 3 is 2.67 bits per heavy atom. The van der Waals surface area contributed by atoms with Gasteiger partial charge in [0.15, 0.2) is 0 Å². The monoisotopic (exact) mass is 408 g/mol. The number of piperidine rings is 1. The lowest BCUT2D eigenvalue weighted by molar-refractivity contribution is -0.126. The summed E-state index contributed by atoms with van der Waals surface area (Å²) in [6.45, 7) is 6.53. The molecule has 2 aliphatic heterocycles. The summed E-state index contributed by atoms with van der Waals surface area (Å²) in [7, 11) is 1.65. The van der Waals surface area contributed by atoms with Gasteiger partial charge in [0.05, 0.1) is 13.0 Å². The van der Waals surface area contributed by atoms with Gasteiger partial charge in [-0.05, 0) is 74.5 Å². The molecular weight excluding hydrogens is 376 g/mol. The minimum Gasteiger partial charge on any atom is -0.497 e. The van der Waals surface area contributed by atoms with E-state index in [0.717, 1.165) is 56.1 Å². The molecule has 1 fully saturated rings. The van der Waals surface area contributed by atoms with Crippen molar-refractivity contribution < 1.29 is 14.3 Å². The molecule has 0 unspecified atom stereocenters. The van der Waals surface area contributed by atoms with Crippen molar-refractivity contribution in [3.63, 3.8) is 0 Å². The van der Waals surface area contributed by atoms with Crippen LogP contribution in [0.15, 0.2) is 42.5 Å². The summed E-state index contributed by atoms with van der Waals surface area (Å²) in [6, 6.07) is 14.6. The van der Waals surface area contributed by atoms with E-state index < -0.39 is 0 Å². The summed E-state index contributed by atoms with van der Waals surface area (Å²) in [5.41, 5.74) is 3.73. The Bertz CT molecular complexity index is 857. The van der Waals surface area contributed by atoms with E-state index in [0.29, 0.717) is 18.9 Å². The van der Waals surface area contributed by atoms with Gasteiger partial charge in [-0.3, -0.25) is 9.69 Å². The lowest BCUT2D eigenvalue weighted by atomic mass is 9.94. The van der Waals surface area contributed by atoms with Crippen molar-refractivity contribution in [2.24, 2.45) is 11.8 Å². The predicted molar refractivity (Wildman–Crippen MR) is 118 cm³/mol. The Labute approximate surface area is 179 Å². The van der Waals surface area contributed by atoms with Crippen LogP contribution in [0.25, 0.3) is 0 Å². The molecule has 160 valence electrons. The van der Waals surface area contributed by atoms with Crippen molar-refractivity contribution in [2.45, 2.75) is 32.7 Å². The van der Waals surface area contributed by atoms with Crippen LogP contribution in [0, 0.1) is 18.8 Å². The summed E-state index contributed by atoms with van der Waals surface area (Å²) in [6.07, 6.45) is 2.97. The number of nitrogens with zero attached hydrogens (tertiary/aromatic N) is 1. The first-order chi connectivity index (χ1) is 14.6. The van der Waals surface area contributed by atoms with Gasteiger partial charge in [0.25, 0.3) is 0 Å². The van der Waals surface area contributed by atoms with Gasteiger partial charge in [-0.1, -0.05) is 29.8 Å². The predicted octanol–water partition coefficient (Wildman–Crippen LogP) is 3.58. The molecule has 5 nitrogen and oxygen atoms in total. The first kappa shape index (κ1) is 20.7. The van der Waals surface area contributed by atoms with E-state index in [1.54, 1.807) is 7.11 Å². The molecule has 4 rings (SSSR count). The number of rotatable bonds is 6. The number of methoxy groups -OCH3 is 1. The van der Waals surface area contributed by atoms with E-state index in [-0.39, 0.29) is 11.8 Å². The van der Waals surface area contributed by atoms with E-state index in [9.17, 15) is 4.79 Å². The van der Waals surface area contributed by atoms with Gasteiger partial charge < -0.3 is 14.8 Å². The molecule has 1 N–H and O–H groups in total. The number of amides is 1. The molecule has 2 aromatic carbocycles. The van der Waals surface area contributed by atoms with E-state index in [1.807, 2.05) is 18.2 Å². The molecular formula is C25H32N2O3.